The Kier molecular flexibility index (Phi) is 4.35. The summed E-state index contributed by atoms with van der Waals surface area (Å²) in [7, 11) is 1.75. The van der Waals surface area contributed by atoms with E-state index in [-0.39, 0.29) is 5.91 Å². The van der Waals surface area contributed by atoms with E-state index in [1.807, 2.05) is 16.7 Å². The second kappa shape index (κ2) is 5.80. The molecule has 1 unspecified atom stereocenters. The van der Waals surface area contributed by atoms with Gasteiger partial charge in [-0.2, -0.15) is 11.8 Å². The monoisotopic (exact) mass is 285 g/mol. The van der Waals surface area contributed by atoms with Gasteiger partial charge in [0.2, 0.25) is 0 Å². The van der Waals surface area contributed by atoms with E-state index in [1.54, 1.807) is 19.3 Å². The van der Waals surface area contributed by atoms with E-state index >= 15 is 0 Å². The topological polar surface area (TPSA) is 45.2 Å². The number of halogens is 1. The first kappa shape index (κ1) is 13.5. The molecule has 1 saturated heterocycles. The van der Waals surface area contributed by atoms with Crippen LogP contribution in [-0.4, -0.2) is 46.9 Å². The second-order valence-electron chi connectivity index (χ2n) is 4.24. The molecule has 0 spiro atoms. The Balaban J connectivity index is 2.15. The second-order valence-corrected chi connectivity index (χ2v) is 6.19. The zero-order valence-electron chi connectivity index (χ0n) is 10.4. The molecule has 4 nitrogen and oxygen atoms in total. The molecule has 2 heterocycles. The summed E-state index contributed by atoms with van der Waals surface area (Å²) in [6, 6.07) is 1.68. The summed E-state index contributed by atoms with van der Waals surface area (Å²) in [5, 5.41) is 3.84. The Hall–Kier alpha value is -0.940. The number of pyridine rings is 1. The molecule has 0 bridgehead atoms. The van der Waals surface area contributed by atoms with Gasteiger partial charge in [0, 0.05) is 37.3 Å². The van der Waals surface area contributed by atoms with Crippen molar-refractivity contribution >= 4 is 35.1 Å². The highest BCUT2D eigenvalue weighted by molar-refractivity contribution is 7.99. The zero-order valence-corrected chi connectivity index (χ0v) is 12.0. The molecule has 1 aliphatic rings. The number of amides is 1. The molecule has 0 aliphatic carbocycles. The molecular weight excluding hydrogens is 270 g/mol. The van der Waals surface area contributed by atoms with E-state index in [0.29, 0.717) is 21.7 Å². The summed E-state index contributed by atoms with van der Waals surface area (Å²) in [4.78, 5) is 18.3. The van der Waals surface area contributed by atoms with Crippen LogP contribution in [0.15, 0.2) is 12.3 Å². The van der Waals surface area contributed by atoms with E-state index in [9.17, 15) is 4.79 Å². The number of anilines is 1. The number of aromatic nitrogens is 1. The van der Waals surface area contributed by atoms with E-state index in [1.165, 1.54) is 0 Å². The third-order valence-corrected chi connectivity index (χ3v) is 4.28. The molecule has 2 rings (SSSR count). The predicted molar refractivity (Wildman–Crippen MR) is 76.6 cm³/mol. The van der Waals surface area contributed by atoms with Crippen LogP contribution in [0, 0.1) is 0 Å². The van der Waals surface area contributed by atoms with Crippen LogP contribution < -0.4 is 5.32 Å². The molecule has 1 N–H and O–H groups in total. The minimum Gasteiger partial charge on any atom is -0.372 e. The molecular formula is C12H16ClN3OS. The molecule has 0 radical (unpaired) electrons. The van der Waals surface area contributed by atoms with Crippen molar-refractivity contribution in [2.75, 3.05) is 31.2 Å². The van der Waals surface area contributed by atoms with Gasteiger partial charge in [0.05, 0.1) is 10.6 Å². The van der Waals surface area contributed by atoms with Crippen LogP contribution in [0.4, 0.5) is 5.82 Å². The standard InChI is InChI=1S/C12H16ClN3OS/c1-8-7-16(3-4-18-8)12(17)9-5-10(13)11(14-2)15-6-9/h5-6,8H,3-4,7H2,1-2H3,(H,14,15). The van der Waals surface area contributed by atoms with Gasteiger partial charge in [0.25, 0.3) is 5.91 Å². The van der Waals surface area contributed by atoms with Crippen molar-refractivity contribution in [2.45, 2.75) is 12.2 Å². The maximum atomic E-state index is 12.3. The first-order valence-corrected chi connectivity index (χ1v) is 7.28. The van der Waals surface area contributed by atoms with Crippen molar-refractivity contribution in [3.05, 3.63) is 22.8 Å². The van der Waals surface area contributed by atoms with Crippen LogP contribution in [-0.2, 0) is 0 Å². The van der Waals surface area contributed by atoms with Crippen LogP contribution in [0.1, 0.15) is 17.3 Å². The highest BCUT2D eigenvalue weighted by Crippen LogP contribution is 2.23. The lowest BCUT2D eigenvalue weighted by Crippen LogP contribution is -2.41. The van der Waals surface area contributed by atoms with Gasteiger partial charge in [0.1, 0.15) is 5.82 Å². The fraction of sp³-hybridized carbons (Fsp3) is 0.500. The fourth-order valence-electron chi connectivity index (χ4n) is 1.92. The summed E-state index contributed by atoms with van der Waals surface area (Å²) >= 11 is 7.94. The number of rotatable bonds is 2. The van der Waals surface area contributed by atoms with Crippen LogP contribution in [0.5, 0.6) is 0 Å². The maximum Gasteiger partial charge on any atom is 0.255 e. The number of nitrogens with one attached hydrogen (secondary N) is 1. The first-order chi connectivity index (χ1) is 8.61. The maximum absolute atomic E-state index is 12.3. The van der Waals surface area contributed by atoms with Crippen molar-refractivity contribution in [3.63, 3.8) is 0 Å². The Morgan fingerprint density at radius 3 is 3.06 bits per heavy atom. The molecule has 98 valence electrons. The van der Waals surface area contributed by atoms with Crippen LogP contribution >= 0.6 is 23.4 Å². The number of carbonyl (C=O) groups is 1. The zero-order chi connectivity index (χ0) is 13.1. The van der Waals surface area contributed by atoms with Gasteiger partial charge in [-0.25, -0.2) is 4.98 Å². The summed E-state index contributed by atoms with van der Waals surface area (Å²) in [6.07, 6.45) is 1.58. The highest BCUT2D eigenvalue weighted by Gasteiger charge is 2.23. The lowest BCUT2D eigenvalue weighted by Gasteiger charge is -2.30. The average molecular weight is 286 g/mol. The molecule has 1 aliphatic heterocycles. The van der Waals surface area contributed by atoms with Gasteiger partial charge in [-0.15, -0.1) is 0 Å². The number of hydrogen-bond acceptors (Lipinski definition) is 4. The Morgan fingerprint density at radius 2 is 2.44 bits per heavy atom. The molecule has 18 heavy (non-hydrogen) atoms. The van der Waals surface area contributed by atoms with Crippen LogP contribution in [0.3, 0.4) is 0 Å². The quantitative estimate of drug-likeness (QED) is 0.906. The van der Waals surface area contributed by atoms with E-state index in [2.05, 4.69) is 17.2 Å². The number of thioether (sulfide) groups is 1. The van der Waals surface area contributed by atoms with Gasteiger partial charge in [-0.3, -0.25) is 4.79 Å². The Morgan fingerprint density at radius 1 is 1.67 bits per heavy atom. The third-order valence-electron chi connectivity index (χ3n) is 2.85. The molecule has 0 saturated carbocycles. The number of hydrogen-bond donors (Lipinski definition) is 1. The van der Waals surface area contributed by atoms with Crippen molar-refractivity contribution < 1.29 is 4.79 Å². The Bertz CT molecular complexity index is 455. The molecule has 1 atom stereocenters. The van der Waals surface area contributed by atoms with Crippen molar-refractivity contribution in [1.82, 2.24) is 9.88 Å². The van der Waals surface area contributed by atoms with E-state index < -0.39 is 0 Å². The molecule has 1 amide bonds. The van der Waals surface area contributed by atoms with Crippen molar-refractivity contribution in [1.29, 1.82) is 0 Å². The summed E-state index contributed by atoms with van der Waals surface area (Å²) < 4.78 is 0. The summed E-state index contributed by atoms with van der Waals surface area (Å²) in [6.45, 7) is 3.72. The lowest BCUT2D eigenvalue weighted by molar-refractivity contribution is 0.0763. The molecule has 6 heteroatoms. The fourth-order valence-corrected chi connectivity index (χ4v) is 3.20. The minimum absolute atomic E-state index is 0.0132. The molecule has 1 aromatic heterocycles. The summed E-state index contributed by atoms with van der Waals surface area (Å²) in [5.41, 5.74) is 0.554. The predicted octanol–water partition coefficient (Wildman–Crippen LogP) is 2.35. The average Bonchev–Trinajstić information content (AvgIpc) is 2.37. The SMILES string of the molecule is CNc1ncc(C(=O)N2CCSC(C)C2)cc1Cl. The van der Waals surface area contributed by atoms with Crippen molar-refractivity contribution in [3.8, 4) is 0 Å². The van der Waals surface area contributed by atoms with Gasteiger partial charge < -0.3 is 10.2 Å². The van der Waals surface area contributed by atoms with E-state index in [4.69, 9.17) is 11.6 Å². The van der Waals surface area contributed by atoms with Gasteiger partial charge in [-0.1, -0.05) is 18.5 Å². The van der Waals surface area contributed by atoms with Crippen LogP contribution in [0.2, 0.25) is 5.02 Å². The van der Waals surface area contributed by atoms with E-state index in [0.717, 1.165) is 18.8 Å². The molecule has 1 fully saturated rings. The first-order valence-electron chi connectivity index (χ1n) is 5.86. The number of carbonyl (C=O) groups excluding carboxylic acids is 1. The third kappa shape index (κ3) is 2.90. The smallest absolute Gasteiger partial charge is 0.255 e. The number of nitrogens with zero attached hydrogens (tertiary/aromatic N) is 2. The van der Waals surface area contributed by atoms with Gasteiger partial charge >= 0.3 is 0 Å². The Labute approximate surface area is 116 Å². The van der Waals surface area contributed by atoms with Crippen molar-refractivity contribution in [2.24, 2.45) is 0 Å². The van der Waals surface area contributed by atoms with Gasteiger partial charge in [-0.05, 0) is 6.07 Å². The normalized spacial score (nSPS) is 19.7. The lowest BCUT2D eigenvalue weighted by atomic mass is 10.2. The molecule has 0 aromatic carbocycles. The van der Waals surface area contributed by atoms with Crippen LogP contribution in [0.25, 0.3) is 0 Å². The van der Waals surface area contributed by atoms with Gasteiger partial charge in [0.15, 0.2) is 0 Å². The molecule has 1 aromatic rings. The highest BCUT2D eigenvalue weighted by atomic mass is 35.5. The largest absolute Gasteiger partial charge is 0.372 e. The minimum atomic E-state index is 0.0132. The summed E-state index contributed by atoms with van der Waals surface area (Å²) in [5.74, 6) is 1.60.